The third-order valence-corrected chi connectivity index (χ3v) is 2.98. The van der Waals surface area contributed by atoms with Crippen molar-refractivity contribution in [2.24, 2.45) is 4.99 Å². The van der Waals surface area contributed by atoms with Crippen molar-refractivity contribution < 1.29 is 4.74 Å². The highest BCUT2D eigenvalue weighted by Crippen LogP contribution is 2.18. The van der Waals surface area contributed by atoms with Gasteiger partial charge in [0.15, 0.2) is 0 Å². The lowest BCUT2D eigenvalue weighted by atomic mass is 10.2. The van der Waals surface area contributed by atoms with Crippen LogP contribution in [0.15, 0.2) is 59.6 Å². The molecular formula is C16H14N2O. The maximum Gasteiger partial charge on any atom is 0.119 e. The topological polar surface area (TPSA) is 37.4 Å². The summed E-state index contributed by atoms with van der Waals surface area (Å²) in [5.74, 6) is 0.838. The van der Waals surface area contributed by atoms with Gasteiger partial charge in [-0.15, -0.1) is 0 Å². The van der Waals surface area contributed by atoms with Gasteiger partial charge in [-0.05, 0) is 36.4 Å². The molecule has 1 aromatic heterocycles. The van der Waals surface area contributed by atoms with Crippen molar-refractivity contribution in [3.63, 3.8) is 0 Å². The van der Waals surface area contributed by atoms with Crippen molar-refractivity contribution in [2.45, 2.75) is 0 Å². The van der Waals surface area contributed by atoms with Gasteiger partial charge in [0, 0.05) is 10.9 Å². The fourth-order valence-electron chi connectivity index (χ4n) is 1.98. The Hall–Kier alpha value is -2.55. The zero-order valence-corrected chi connectivity index (χ0v) is 10.6. The summed E-state index contributed by atoms with van der Waals surface area (Å²) in [4.78, 5) is 7.75. The van der Waals surface area contributed by atoms with E-state index < -0.39 is 0 Å². The van der Waals surface area contributed by atoms with Gasteiger partial charge in [0.1, 0.15) is 5.75 Å². The molecule has 2 aromatic carbocycles. The molecule has 3 heteroatoms. The summed E-state index contributed by atoms with van der Waals surface area (Å²) in [5, 5.41) is 1.19. The molecule has 19 heavy (non-hydrogen) atoms. The Balaban J connectivity index is 1.84. The lowest BCUT2D eigenvalue weighted by Gasteiger charge is -1.98. The molecule has 0 amide bonds. The minimum absolute atomic E-state index is 0.838. The van der Waals surface area contributed by atoms with E-state index in [1.807, 2.05) is 42.6 Å². The van der Waals surface area contributed by atoms with Crippen LogP contribution in [-0.4, -0.2) is 18.3 Å². The van der Waals surface area contributed by atoms with Crippen LogP contribution in [0.3, 0.4) is 0 Å². The van der Waals surface area contributed by atoms with Crippen LogP contribution in [0.5, 0.6) is 5.75 Å². The van der Waals surface area contributed by atoms with Gasteiger partial charge < -0.3 is 9.72 Å². The number of methoxy groups -OCH3 is 1. The second-order valence-electron chi connectivity index (χ2n) is 4.27. The van der Waals surface area contributed by atoms with E-state index in [0.717, 1.165) is 22.6 Å². The average Bonchev–Trinajstić information content (AvgIpc) is 2.88. The third-order valence-electron chi connectivity index (χ3n) is 2.98. The monoisotopic (exact) mass is 250 g/mol. The highest BCUT2D eigenvalue weighted by atomic mass is 16.5. The number of aliphatic imine (C=N–C) groups is 1. The normalized spacial score (nSPS) is 11.2. The highest BCUT2D eigenvalue weighted by Gasteiger charge is 1.97. The zero-order valence-electron chi connectivity index (χ0n) is 10.6. The molecule has 0 aliphatic rings. The molecule has 0 saturated heterocycles. The van der Waals surface area contributed by atoms with E-state index in [4.69, 9.17) is 4.74 Å². The third kappa shape index (κ3) is 2.50. The predicted molar refractivity (Wildman–Crippen MR) is 78.5 cm³/mol. The second kappa shape index (κ2) is 4.98. The van der Waals surface area contributed by atoms with Crippen molar-refractivity contribution in [1.29, 1.82) is 0 Å². The van der Waals surface area contributed by atoms with Crippen LogP contribution >= 0.6 is 0 Å². The lowest BCUT2D eigenvalue weighted by Crippen LogP contribution is -1.81. The van der Waals surface area contributed by atoms with E-state index in [-0.39, 0.29) is 0 Å². The Morgan fingerprint density at radius 2 is 1.84 bits per heavy atom. The predicted octanol–water partition coefficient (Wildman–Crippen LogP) is 3.93. The molecule has 1 N–H and O–H groups in total. The van der Waals surface area contributed by atoms with Crippen molar-refractivity contribution in [3.05, 3.63) is 60.3 Å². The van der Waals surface area contributed by atoms with Crippen LogP contribution in [0.2, 0.25) is 0 Å². The molecule has 3 rings (SSSR count). The number of hydrogen-bond donors (Lipinski definition) is 1. The summed E-state index contributed by atoms with van der Waals surface area (Å²) in [6.45, 7) is 0. The Kier molecular flexibility index (Phi) is 3.02. The van der Waals surface area contributed by atoms with E-state index >= 15 is 0 Å². The summed E-state index contributed by atoms with van der Waals surface area (Å²) in [6.07, 6.45) is 1.84. The SMILES string of the molecule is COc1ccc(N=Cc2cc3ccccc3[nH]2)cc1. The van der Waals surface area contributed by atoms with E-state index in [9.17, 15) is 0 Å². The van der Waals surface area contributed by atoms with Crippen LogP contribution in [0.25, 0.3) is 10.9 Å². The molecule has 94 valence electrons. The molecule has 0 atom stereocenters. The molecule has 0 unspecified atom stereocenters. The zero-order chi connectivity index (χ0) is 13.1. The van der Waals surface area contributed by atoms with E-state index in [2.05, 4.69) is 28.2 Å². The summed E-state index contributed by atoms with van der Waals surface area (Å²) in [7, 11) is 1.66. The van der Waals surface area contributed by atoms with Gasteiger partial charge in [0.05, 0.1) is 24.7 Å². The van der Waals surface area contributed by atoms with Gasteiger partial charge in [0.25, 0.3) is 0 Å². The van der Waals surface area contributed by atoms with Crippen molar-refractivity contribution in [2.75, 3.05) is 7.11 Å². The summed E-state index contributed by atoms with van der Waals surface area (Å²) >= 11 is 0. The van der Waals surface area contributed by atoms with Crippen LogP contribution in [0.4, 0.5) is 5.69 Å². The molecule has 1 heterocycles. The number of hydrogen-bond acceptors (Lipinski definition) is 2. The number of aromatic nitrogens is 1. The number of H-pyrrole nitrogens is 1. The first kappa shape index (κ1) is 11.5. The van der Waals surface area contributed by atoms with Crippen molar-refractivity contribution in [3.8, 4) is 5.75 Å². The average molecular weight is 250 g/mol. The lowest BCUT2D eigenvalue weighted by molar-refractivity contribution is 0.415. The first-order valence-electron chi connectivity index (χ1n) is 6.11. The number of nitrogens with zero attached hydrogens (tertiary/aromatic N) is 1. The van der Waals surface area contributed by atoms with Crippen molar-refractivity contribution in [1.82, 2.24) is 4.98 Å². The summed E-state index contributed by atoms with van der Waals surface area (Å²) in [5.41, 5.74) is 3.02. The number of nitrogens with one attached hydrogen (secondary N) is 1. The Morgan fingerprint density at radius 3 is 2.58 bits per heavy atom. The molecule has 0 bridgehead atoms. The fourth-order valence-corrected chi connectivity index (χ4v) is 1.98. The van der Waals surface area contributed by atoms with Crippen LogP contribution < -0.4 is 4.74 Å². The van der Waals surface area contributed by atoms with Gasteiger partial charge in [-0.25, -0.2) is 0 Å². The maximum absolute atomic E-state index is 5.11. The van der Waals surface area contributed by atoms with Crippen LogP contribution in [0, 0.1) is 0 Å². The van der Waals surface area contributed by atoms with Gasteiger partial charge in [-0.3, -0.25) is 4.99 Å². The van der Waals surface area contributed by atoms with E-state index in [1.165, 1.54) is 5.39 Å². The van der Waals surface area contributed by atoms with Gasteiger partial charge in [-0.2, -0.15) is 0 Å². The fraction of sp³-hybridized carbons (Fsp3) is 0.0625. The minimum atomic E-state index is 0.838. The molecule has 0 fully saturated rings. The highest BCUT2D eigenvalue weighted by molar-refractivity contribution is 5.90. The first-order valence-corrected chi connectivity index (χ1v) is 6.11. The van der Waals surface area contributed by atoms with Gasteiger partial charge >= 0.3 is 0 Å². The first-order chi connectivity index (χ1) is 9.35. The van der Waals surface area contributed by atoms with E-state index in [0.29, 0.717) is 0 Å². The molecule has 0 radical (unpaired) electrons. The Labute approximate surface area is 111 Å². The smallest absolute Gasteiger partial charge is 0.119 e. The van der Waals surface area contributed by atoms with Crippen molar-refractivity contribution >= 4 is 22.8 Å². The maximum atomic E-state index is 5.11. The number of benzene rings is 2. The molecule has 0 aliphatic heterocycles. The minimum Gasteiger partial charge on any atom is -0.497 e. The number of rotatable bonds is 3. The molecule has 3 nitrogen and oxygen atoms in total. The standard InChI is InChI=1S/C16H14N2O/c1-19-15-8-6-13(7-9-15)17-11-14-10-12-4-2-3-5-16(12)18-14/h2-11,18H,1H3. The summed E-state index contributed by atoms with van der Waals surface area (Å²) in [6, 6.07) is 17.9. The summed E-state index contributed by atoms with van der Waals surface area (Å²) < 4.78 is 5.11. The number of fused-ring (bicyclic) bond motifs is 1. The molecule has 0 saturated carbocycles. The number of ether oxygens (including phenoxy) is 1. The molecular weight excluding hydrogens is 236 g/mol. The second-order valence-corrected chi connectivity index (χ2v) is 4.27. The van der Waals surface area contributed by atoms with E-state index in [1.54, 1.807) is 7.11 Å². The van der Waals surface area contributed by atoms with Gasteiger partial charge in [0.2, 0.25) is 0 Å². The quantitative estimate of drug-likeness (QED) is 0.703. The number of aromatic amines is 1. The molecule has 0 spiro atoms. The Bertz CT molecular complexity index is 678. The van der Waals surface area contributed by atoms with Gasteiger partial charge in [-0.1, -0.05) is 18.2 Å². The molecule has 3 aromatic rings. The number of para-hydroxylation sites is 1. The largest absolute Gasteiger partial charge is 0.497 e. The van der Waals surface area contributed by atoms with Crippen LogP contribution in [0.1, 0.15) is 5.69 Å². The van der Waals surface area contributed by atoms with Crippen LogP contribution in [-0.2, 0) is 0 Å². The molecule has 0 aliphatic carbocycles. The Morgan fingerprint density at radius 1 is 1.05 bits per heavy atom.